The van der Waals surface area contributed by atoms with Crippen LogP contribution < -0.4 is 0 Å². The standard InChI is InChI=1S/C20H18BrN5O/c1-13-6-3-4-7-15(13)18-11-22-20(27-18)17-9-5-8-16(24-17)19-25-23-12-26(19)14(2)10-21/h3-9,11-12,14H,10H2,1-2H3. The molecule has 4 aromatic rings. The van der Waals surface area contributed by atoms with Gasteiger partial charge in [-0.3, -0.25) is 0 Å². The summed E-state index contributed by atoms with van der Waals surface area (Å²) in [6, 6.07) is 14.0. The molecule has 4 rings (SSSR count). The lowest BCUT2D eigenvalue weighted by Gasteiger charge is -2.12. The summed E-state index contributed by atoms with van der Waals surface area (Å²) in [7, 11) is 0. The van der Waals surface area contributed by atoms with Crippen LogP contribution in [0.25, 0.3) is 34.4 Å². The van der Waals surface area contributed by atoms with Gasteiger partial charge in [0.2, 0.25) is 5.89 Å². The normalized spacial score (nSPS) is 12.3. The van der Waals surface area contributed by atoms with Crippen LogP contribution in [0.2, 0.25) is 0 Å². The van der Waals surface area contributed by atoms with Gasteiger partial charge in [-0.25, -0.2) is 9.97 Å². The number of benzene rings is 1. The van der Waals surface area contributed by atoms with E-state index in [0.717, 1.165) is 33.7 Å². The fourth-order valence-corrected chi connectivity index (χ4v) is 3.18. The molecule has 0 radical (unpaired) electrons. The summed E-state index contributed by atoms with van der Waals surface area (Å²) in [5, 5.41) is 9.07. The Kier molecular flexibility index (Phi) is 4.85. The van der Waals surface area contributed by atoms with Crippen LogP contribution in [0.15, 0.2) is 59.4 Å². The van der Waals surface area contributed by atoms with Crippen LogP contribution in [0.5, 0.6) is 0 Å². The van der Waals surface area contributed by atoms with E-state index in [1.54, 1.807) is 12.5 Å². The molecule has 27 heavy (non-hydrogen) atoms. The highest BCUT2D eigenvalue weighted by atomic mass is 79.9. The minimum atomic E-state index is 0.217. The third-order valence-electron chi connectivity index (χ3n) is 4.38. The Hall–Kier alpha value is -2.80. The van der Waals surface area contributed by atoms with E-state index >= 15 is 0 Å². The van der Waals surface area contributed by atoms with Crippen LogP contribution in [-0.4, -0.2) is 30.1 Å². The van der Waals surface area contributed by atoms with Crippen molar-refractivity contribution in [2.24, 2.45) is 0 Å². The number of hydrogen-bond acceptors (Lipinski definition) is 5. The SMILES string of the molecule is Cc1ccccc1-c1cnc(-c2cccc(-c3nncn3C(C)CBr)n2)o1. The zero-order chi connectivity index (χ0) is 18.8. The van der Waals surface area contributed by atoms with Crippen molar-refractivity contribution < 1.29 is 4.42 Å². The second-order valence-corrected chi connectivity index (χ2v) is 6.97. The van der Waals surface area contributed by atoms with E-state index in [2.05, 4.69) is 38.0 Å². The van der Waals surface area contributed by atoms with Crippen molar-refractivity contribution in [3.05, 3.63) is 60.6 Å². The summed E-state index contributed by atoms with van der Waals surface area (Å²) in [5.41, 5.74) is 3.55. The lowest BCUT2D eigenvalue weighted by molar-refractivity contribution is 0.585. The summed E-state index contributed by atoms with van der Waals surface area (Å²) < 4.78 is 7.98. The average Bonchev–Trinajstić information content (AvgIpc) is 3.38. The summed E-state index contributed by atoms with van der Waals surface area (Å²) in [4.78, 5) is 9.12. The molecule has 1 aromatic carbocycles. The van der Waals surface area contributed by atoms with Crippen molar-refractivity contribution in [3.63, 3.8) is 0 Å². The molecular formula is C20H18BrN5O. The molecule has 0 bridgehead atoms. The van der Waals surface area contributed by atoms with Crippen molar-refractivity contribution >= 4 is 15.9 Å². The Morgan fingerprint density at radius 2 is 1.93 bits per heavy atom. The van der Waals surface area contributed by atoms with Gasteiger partial charge < -0.3 is 8.98 Å². The molecule has 0 amide bonds. The molecule has 136 valence electrons. The number of hydrogen-bond donors (Lipinski definition) is 0. The number of aryl methyl sites for hydroxylation is 1. The molecule has 6 nitrogen and oxygen atoms in total. The zero-order valence-electron chi connectivity index (χ0n) is 15.0. The molecule has 3 heterocycles. The number of nitrogens with zero attached hydrogens (tertiary/aromatic N) is 5. The van der Waals surface area contributed by atoms with Gasteiger partial charge in [0.1, 0.15) is 17.7 Å². The summed E-state index contributed by atoms with van der Waals surface area (Å²) in [6.45, 7) is 4.14. The first-order chi connectivity index (χ1) is 13.2. The molecule has 0 aliphatic heterocycles. The van der Waals surface area contributed by atoms with Crippen LogP contribution in [0.3, 0.4) is 0 Å². The highest BCUT2D eigenvalue weighted by Crippen LogP contribution is 2.28. The molecule has 3 aromatic heterocycles. The van der Waals surface area contributed by atoms with Gasteiger partial charge in [-0.05, 0) is 31.5 Å². The zero-order valence-corrected chi connectivity index (χ0v) is 16.6. The molecule has 0 saturated carbocycles. The molecule has 1 atom stereocenters. The third kappa shape index (κ3) is 3.42. The van der Waals surface area contributed by atoms with Gasteiger partial charge in [0.05, 0.1) is 6.20 Å². The van der Waals surface area contributed by atoms with E-state index in [1.807, 2.05) is 54.0 Å². The molecule has 0 aliphatic carbocycles. The Bertz CT molecular complexity index is 1070. The van der Waals surface area contributed by atoms with Crippen LogP contribution >= 0.6 is 15.9 Å². The van der Waals surface area contributed by atoms with E-state index in [-0.39, 0.29) is 6.04 Å². The number of halogens is 1. The maximum Gasteiger partial charge on any atom is 0.245 e. The Balaban J connectivity index is 1.70. The second-order valence-electron chi connectivity index (χ2n) is 6.32. The van der Waals surface area contributed by atoms with Crippen molar-refractivity contribution in [2.45, 2.75) is 19.9 Å². The van der Waals surface area contributed by atoms with Gasteiger partial charge in [0.15, 0.2) is 11.6 Å². The molecule has 0 saturated heterocycles. The smallest absolute Gasteiger partial charge is 0.245 e. The Labute approximate surface area is 165 Å². The molecule has 0 aliphatic rings. The summed E-state index contributed by atoms with van der Waals surface area (Å²) in [6.07, 6.45) is 3.46. The monoisotopic (exact) mass is 423 g/mol. The molecular weight excluding hydrogens is 406 g/mol. The first-order valence-electron chi connectivity index (χ1n) is 8.62. The van der Waals surface area contributed by atoms with Gasteiger partial charge >= 0.3 is 0 Å². The van der Waals surface area contributed by atoms with Crippen molar-refractivity contribution in [2.75, 3.05) is 5.33 Å². The summed E-state index contributed by atoms with van der Waals surface area (Å²) >= 11 is 3.50. The van der Waals surface area contributed by atoms with Gasteiger partial charge in [-0.1, -0.05) is 46.3 Å². The van der Waals surface area contributed by atoms with Gasteiger partial charge in [-0.2, -0.15) is 0 Å². The second kappa shape index (κ2) is 7.44. The topological polar surface area (TPSA) is 69.6 Å². The minimum Gasteiger partial charge on any atom is -0.435 e. The maximum absolute atomic E-state index is 5.98. The van der Waals surface area contributed by atoms with Gasteiger partial charge in [0.25, 0.3) is 0 Å². The maximum atomic E-state index is 5.98. The van der Waals surface area contributed by atoms with E-state index < -0.39 is 0 Å². The lowest BCUT2D eigenvalue weighted by atomic mass is 10.1. The molecule has 0 fully saturated rings. The quantitative estimate of drug-likeness (QED) is 0.425. The van der Waals surface area contributed by atoms with Crippen molar-refractivity contribution in [1.82, 2.24) is 24.7 Å². The summed E-state index contributed by atoms with van der Waals surface area (Å²) in [5.74, 6) is 1.93. The van der Waals surface area contributed by atoms with Crippen LogP contribution in [0.1, 0.15) is 18.5 Å². The Morgan fingerprint density at radius 1 is 1.11 bits per heavy atom. The van der Waals surface area contributed by atoms with Crippen molar-refractivity contribution in [3.8, 4) is 34.4 Å². The number of alkyl halides is 1. The first kappa shape index (κ1) is 17.6. The highest BCUT2D eigenvalue weighted by molar-refractivity contribution is 9.09. The molecule has 0 spiro atoms. The predicted octanol–water partition coefficient (Wildman–Crippen LogP) is 4.93. The van der Waals surface area contributed by atoms with Crippen molar-refractivity contribution in [1.29, 1.82) is 0 Å². The first-order valence-corrected chi connectivity index (χ1v) is 9.74. The highest BCUT2D eigenvalue weighted by Gasteiger charge is 2.16. The van der Waals surface area contributed by atoms with Crippen LogP contribution in [0, 0.1) is 6.92 Å². The fourth-order valence-electron chi connectivity index (χ4n) is 2.87. The van der Waals surface area contributed by atoms with E-state index in [1.165, 1.54) is 0 Å². The van der Waals surface area contributed by atoms with E-state index in [0.29, 0.717) is 11.6 Å². The van der Waals surface area contributed by atoms with E-state index in [9.17, 15) is 0 Å². The Morgan fingerprint density at radius 3 is 2.74 bits per heavy atom. The van der Waals surface area contributed by atoms with Gasteiger partial charge in [0, 0.05) is 16.9 Å². The van der Waals surface area contributed by atoms with Gasteiger partial charge in [-0.15, -0.1) is 10.2 Å². The number of pyridine rings is 1. The number of rotatable bonds is 5. The number of oxazole rings is 1. The van der Waals surface area contributed by atoms with Crippen LogP contribution in [-0.2, 0) is 0 Å². The van der Waals surface area contributed by atoms with Crippen LogP contribution in [0.4, 0.5) is 0 Å². The molecule has 7 heteroatoms. The molecule has 0 N–H and O–H groups in total. The lowest BCUT2D eigenvalue weighted by Crippen LogP contribution is -2.07. The fraction of sp³-hybridized carbons (Fsp3) is 0.200. The third-order valence-corrected chi connectivity index (χ3v) is 5.32. The predicted molar refractivity (Wildman–Crippen MR) is 107 cm³/mol. The minimum absolute atomic E-state index is 0.217. The largest absolute Gasteiger partial charge is 0.435 e. The molecule has 1 unspecified atom stereocenters. The average molecular weight is 424 g/mol. The van der Waals surface area contributed by atoms with E-state index in [4.69, 9.17) is 9.40 Å². The number of aromatic nitrogens is 5.